The summed E-state index contributed by atoms with van der Waals surface area (Å²) in [6, 6.07) is 11.7. The molecule has 0 aliphatic heterocycles. The maximum Gasteiger partial charge on any atom is 0.191 e. The van der Waals surface area contributed by atoms with Gasteiger partial charge in [-0.3, -0.25) is 4.79 Å². The standard InChI is InChI=1S/C24H23N3O2/c1-5-12-26-19-8-6-7-9-20(19)27-24(26)22(17(4)25-27)21(28)11-10-18-13-15(2)23(29)16(3)14-18/h5-11,13-14,29H,1,12H2,2-4H3/b11-10+. The molecule has 0 amide bonds. The first-order valence-corrected chi connectivity index (χ1v) is 9.52. The molecular weight excluding hydrogens is 362 g/mol. The molecule has 29 heavy (non-hydrogen) atoms. The Hall–Kier alpha value is -3.60. The van der Waals surface area contributed by atoms with Gasteiger partial charge in [-0.15, -0.1) is 6.58 Å². The van der Waals surface area contributed by atoms with E-state index in [0.29, 0.717) is 17.8 Å². The fourth-order valence-electron chi connectivity index (χ4n) is 3.86. The van der Waals surface area contributed by atoms with E-state index >= 15 is 0 Å². The van der Waals surface area contributed by atoms with Crippen LogP contribution in [0.5, 0.6) is 5.75 Å². The Morgan fingerprint density at radius 1 is 1.14 bits per heavy atom. The smallest absolute Gasteiger partial charge is 0.191 e. The first-order valence-electron chi connectivity index (χ1n) is 9.52. The second-order valence-electron chi connectivity index (χ2n) is 7.28. The van der Waals surface area contributed by atoms with Crippen LogP contribution in [-0.2, 0) is 6.54 Å². The van der Waals surface area contributed by atoms with E-state index in [9.17, 15) is 9.90 Å². The molecule has 0 fully saturated rings. The predicted molar refractivity (Wildman–Crippen MR) is 117 cm³/mol. The number of allylic oxidation sites excluding steroid dienone is 2. The van der Waals surface area contributed by atoms with Crippen molar-refractivity contribution in [1.82, 2.24) is 14.2 Å². The molecule has 2 aromatic heterocycles. The topological polar surface area (TPSA) is 59.5 Å². The first kappa shape index (κ1) is 18.7. The third kappa shape index (κ3) is 3.05. The van der Waals surface area contributed by atoms with Gasteiger partial charge in [0.25, 0.3) is 0 Å². The molecule has 2 heterocycles. The first-order chi connectivity index (χ1) is 13.9. The van der Waals surface area contributed by atoms with Gasteiger partial charge < -0.3 is 9.67 Å². The zero-order chi connectivity index (χ0) is 20.7. The van der Waals surface area contributed by atoms with Gasteiger partial charge in [0, 0.05) is 6.54 Å². The number of hydrogen-bond donors (Lipinski definition) is 1. The lowest BCUT2D eigenvalue weighted by molar-refractivity contribution is 0.104. The van der Waals surface area contributed by atoms with Gasteiger partial charge >= 0.3 is 0 Å². The highest BCUT2D eigenvalue weighted by atomic mass is 16.3. The van der Waals surface area contributed by atoms with Crippen molar-refractivity contribution in [3.63, 3.8) is 0 Å². The van der Waals surface area contributed by atoms with E-state index < -0.39 is 0 Å². The van der Waals surface area contributed by atoms with Gasteiger partial charge in [0.1, 0.15) is 11.4 Å². The molecule has 0 spiro atoms. The van der Waals surface area contributed by atoms with Crippen LogP contribution in [0.25, 0.3) is 22.8 Å². The van der Waals surface area contributed by atoms with E-state index in [2.05, 4.69) is 16.2 Å². The van der Waals surface area contributed by atoms with Crippen LogP contribution >= 0.6 is 0 Å². The number of aromatic nitrogens is 3. The maximum absolute atomic E-state index is 13.2. The van der Waals surface area contributed by atoms with Crippen LogP contribution in [-0.4, -0.2) is 25.1 Å². The zero-order valence-corrected chi connectivity index (χ0v) is 16.8. The van der Waals surface area contributed by atoms with Gasteiger partial charge in [0.05, 0.1) is 22.3 Å². The van der Waals surface area contributed by atoms with Crippen LogP contribution in [0.3, 0.4) is 0 Å². The Labute approximate surface area is 169 Å². The Morgan fingerprint density at radius 2 is 1.79 bits per heavy atom. The molecule has 2 aromatic carbocycles. The van der Waals surface area contributed by atoms with Crippen molar-refractivity contribution < 1.29 is 9.90 Å². The summed E-state index contributed by atoms with van der Waals surface area (Å²) in [5.41, 5.74) is 6.47. The predicted octanol–water partition coefficient (Wildman–Crippen LogP) is 5.00. The van der Waals surface area contributed by atoms with E-state index in [-0.39, 0.29) is 11.5 Å². The summed E-state index contributed by atoms with van der Waals surface area (Å²) in [5.74, 6) is 0.186. The minimum absolute atomic E-state index is 0.103. The molecule has 0 aliphatic carbocycles. The van der Waals surface area contributed by atoms with Crippen LogP contribution in [0.15, 0.2) is 55.1 Å². The Morgan fingerprint density at radius 3 is 2.45 bits per heavy atom. The number of imidazole rings is 1. The third-order valence-electron chi connectivity index (χ3n) is 5.19. The molecule has 0 aliphatic rings. The van der Waals surface area contributed by atoms with E-state index in [4.69, 9.17) is 0 Å². The van der Waals surface area contributed by atoms with Crippen LogP contribution in [0.2, 0.25) is 0 Å². The molecule has 0 radical (unpaired) electrons. The minimum Gasteiger partial charge on any atom is -0.507 e. The van der Waals surface area contributed by atoms with Crippen molar-refractivity contribution in [2.45, 2.75) is 27.3 Å². The number of aryl methyl sites for hydroxylation is 3. The fraction of sp³-hybridized carbons (Fsp3) is 0.167. The molecular formula is C24H23N3O2. The average molecular weight is 385 g/mol. The van der Waals surface area contributed by atoms with Gasteiger partial charge in [0.2, 0.25) is 0 Å². The van der Waals surface area contributed by atoms with Crippen LogP contribution in [0.4, 0.5) is 0 Å². The van der Waals surface area contributed by atoms with E-state index in [0.717, 1.165) is 33.4 Å². The number of carbonyl (C=O) groups excluding carboxylic acids is 1. The number of aromatic hydroxyl groups is 1. The number of rotatable bonds is 5. The maximum atomic E-state index is 13.2. The fourth-order valence-corrected chi connectivity index (χ4v) is 3.86. The number of para-hydroxylation sites is 2. The number of ketones is 1. The monoisotopic (exact) mass is 385 g/mol. The second-order valence-corrected chi connectivity index (χ2v) is 7.28. The summed E-state index contributed by atoms with van der Waals surface area (Å²) < 4.78 is 3.91. The summed E-state index contributed by atoms with van der Waals surface area (Å²) in [7, 11) is 0. The molecule has 5 nitrogen and oxygen atoms in total. The number of phenols is 1. The summed E-state index contributed by atoms with van der Waals surface area (Å²) in [4.78, 5) is 13.2. The third-order valence-corrected chi connectivity index (χ3v) is 5.19. The Kier molecular flexibility index (Phi) is 4.59. The lowest BCUT2D eigenvalue weighted by Gasteiger charge is -2.05. The van der Waals surface area contributed by atoms with Crippen molar-refractivity contribution in [2.24, 2.45) is 0 Å². The average Bonchev–Trinajstić information content (AvgIpc) is 3.18. The van der Waals surface area contributed by atoms with Crippen molar-refractivity contribution >= 4 is 28.5 Å². The Bertz CT molecular complexity index is 1280. The molecule has 5 heteroatoms. The van der Waals surface area contributed by atoms with Gasteiger partial charge in [-0.1, -0.05) is 24.3 Å². The van der Waals surface area contributed by atoms with Crippen molar-refractivity contribution in [3.05, 3.63) is 83.1 Å². The zero-order valence-electron chi connectivity index (χ0n) is 16.8. The summed E-state index contributed by atoms with van der Waals surface area (Å²) >= 11 is 0. The van der Waals surface area contributed by atoms with Crippen LogP contribution < -0.4 is 0 Å². The van der Waals surface area contributed by atoms with Gasteiger partial charge in [-0.2, -0.15) is 5.10 Å². The molecule has 0 atom stereocenters. The summed E-state index contributed by atoms with van der Waals surface area (Å²) in [6.07, 6.45) is 5.18. The summed E-state index contributed by atoms with van der Waals surface area (Å²) in [6.45, 7) is 10.00. The summed E-state index contributed by atoms with van der Waals surface area (Å²) in [5, 5.41) is 14.6. The molecule has 0 bridgehead atoms. The normalized spacial score (nSPS) is 11.7. The molecule has 0 saturated heterocycles. The molecule has 0 unspecified atom stereocenters. The number of nitrogens with zero attached hydrogens (tertiary/aromatic N) is 3. The van der Waals surface area contributed by atoms with E-state index in [1.807, 2.05) is 67.8 Å². The highest BCUT2D eigenvalue weighted by Crippen LogP contribution is 2.27. The number of phenolic OH excluding ortho intramolecular Hbond substituents is 1. The molecule has 146 valence electrons. The molecule has 1 N–H and O–H groups in total. The Balaban J connectivity index is 1.84. The highest BCUT2D eigenvalue weighted by Gasteiger charge is 2.21. The number of benzene rings is 2. The van der Waals surface area contributed by atoms with Gasteiger partial charge in [-0.05, 0) is 67.8 Å². The molecule has 4 aromatic rings. The van der Waals surface area contributed by atoms with Crippen LogP contribution in [0, 0.1) is 20.8 Å². The van der Waals surface area contributed by atoms with E-state index in [1.165, 1.54) is 0 Å². The van der Waals surface area contributed by atoms with Crippen molar-refractivity contribution in [1.29, 1.82) is 0 Å². The molecule has 4 rings (SSSR count). The van der Waals surface area contributed by atoms with Crippen molar-refractivity contribution in [3.8, 4) is 5.75 Å². The van der Waals surface area contributed by atoms with Crippen LogP contribution in [0.1, 0.15) is 32.7 Å². The SMILES string of the molecule is C=CCn1c2ccccc2n2nc(C)c(C(=O)/C=C/c3cc(C)c(O)c(C)c3)c12. The lowest BCUT2D eigenvalue weighted by Crippen LogP contribution is -2.02. The van der Waals surface area contributed by atoms with Gasteiger partial charge in [0.15, 0.2) is 5.78 Å². The second kappa shape index (κ2) is 7.09. The quantitative estimate of drug-likeness (QED) is 0.299. The number of carbonyl (C=O) groups is 1. The van der Waals surface area contributed by atoms with Gasteiger partial charge in [-0.25, -0.2) is 4.52 Å². The number of hydrogen-bond acceptors (Lipinski definition) is 3. The van der Waals surface area contributed by atoms with E-state index in [1.54, 1.807) is 12.2 Å². The van der Waals surface area contributed by atoms with Crippen molar-refractivity contribution in [2.75, 3.05) is 0 Å². The highest BCUT2D eigenvalue weighted by molar-refractivity contribution is 6.12. The lowest BCUT2D eigenvalue weighted by atomic mass is 10.0. The number of fused-ring (bicyclic) bond motifs is 3. The minimum atomic E-state index is -0.103. The largest absolute Gasteiger partial charge is 0.507 e. The molecule has 0 saturated carbocycles.